The van der Waals surface area contributed by atoms with E-state index >= 15 is 0 Å². The lowest BCUT2D eigenvalue weighted by atomic mass is 10.2. The maximum absolute atomic E-state index is 11.5. The Morgan fingerprint density at radius 3 is 2.68 bits per heavy atom. The van der Waals surface area contributed by atoms with Crippen LogP contribution in [0.15, 0.2) is 33.7 Å². The van der Waals surface area contributed by atoms with Gasteiger partial charge in [-0.15, -0.1) is 0 Å². The molecule has 1 aliphatic heterocycles. The van der Waals surface area contributed by atoms with Crippen molar-refractivity contribution in [3.8, 4) is 11.4 Å². The summed E-state index contributed by atoms with van der Waals surface area (Å²) in [6.45, 7) is 0.946. The minimum absolute atomic E-state index is 0.0848. The molecular formula is C14H18N4O3S. The van der Waals surface area contributed by atoms with Gasteiger partial charge in [-0.1, -0.05) is 5.16 Å². The van der Waals surface area contributed by atoms with Crippen LogP contribution < -0.4 is 5.43 Å². The molecule has 3 rings (SSSR count). The summed E-state index contributed by atoms with van der Waals surface area (Å²) in [5.41, 5.74) is 3.86. The van der Waals surface area contributed by atoms with Crippen molar-refractivity contribution in [3.63, 3.8) is 0 Å². The van der Waals surface area contributed by atoms with E-state index in [0.29, 0.717) is 11.7 Å². The number of nitrogens with zero attached hydrogens (tertiary/aromatic N) is 3. The molecule has 1 atom stereocenters. The van der Waals surface area contributed by atoms with Gasteiger partial charge in [-0.05, 0) is 44.2 Å². The second-order valence-corrected chi connectivity index (χ2v) is 7.34. The Bertz CT molecular complexity index is 755. The van der Waals surface area contributed by atoms with Crippen LogP contribution in [0.2, 0.25) is 0 Å². The molecule has 1 saturated heterocycles. The fourth-order valence-corrected chi connectivity index (χ4v) is 3.26. The molecule has 0 unspecified atom stereocenters. The van der Waals surface area contributed by atoms with Crippen molar-refractivity contribution in [2.45, 2.75) is 23.8 Å². The molecule has 22 heavy (non-hydrogen) atoms. The van der Waals surface area contributed by atoms with Gasteiger partial charge in [-0.3, -0.25) is 5.43 Å². The van der Waals surface area contributed by atoms with E-state index in [-0.39, 0.29) is 10.9 Å². The van der Waals surface area contributed by atoms with E-state index in [1.165, 1.54) is 6.26 Å². The molecule has 0 saturated carbocycles. The summed E-state index contributed by atoms with van der Waals surface area (Å²) < 4.78 is 28.3. The lowest BCUT2D eigenvalue weighted by molar-refractivity contribution is 0.157. The first kappa shape index (κ1) is 15.1. The minimum Gasteiger partial charge on any atom is -0.337 e. The maximum Gasteiger partial charge on any atom is 0.245 e. The van der Waals surface area contributed by atoms with Crippen LogP contribution in [0, 0.1) is 0 Å². The van der Waals surface area contributed by atoms with Crippen molar-refractivity contribution in [1.82, 2.24) is 20.6 Å². The number of hydrazine groups is 1. The predicted molar refractivity (Wildman–Crippen MR) is 80.6 cm³/mol. The van der Waals surface area contributed by atoms with E-state index < -0.39 is 9.84 Å². The summed E-state index contributed by atoms with van der Waals surface area (Å²) in [5.74, 6) is 1.05. The molecule has 1 N–H and O–H groups in total. The molecule has 1 aliphatic rings. The van der Waals surface area contributed by atoms with Gasteiger partial charge in [0, 0.05) is 18.4 Å². The second-order valence-electron chi connectivity index (χ2n) is 5.33. The van der Waals surface area contributed by atoms with Crippen LogP contribution >= 0.6 is 0 Å². The van der Waals surface area contributed by atoms with Crippen molar-refractivity contribution >= 4 is 9.84 Å². The zero-order valence-electron chi connectivity index (χ0n) is 12.5. The van der Waals surface area contributed by atoms with Gasteiger partial charge < -0.3 is 4.52 Å². The molecule has 2 heterocycles. The van der Waals surface area contributed by atoms with Gasteiger partial charge >= 0.3 is 0 Å². The third-order valence-electron chi connectivity index (χ3n) is 3.81. The molecular weight excluding hydrogens is 304 g/mol. The molecule has 0 radical (unpaired) electrons. The van der Waals surface area contributed by atoms with Gasteiger partial charge in [0.05, 0.1) is 4.90 Å². The first-order valence-electron chi connectivity index (χ1n) is 7.07. The number of benzene rings is 1. The van der Waals surface area contributed by atoms with Gasteiger partial charge in [-0.2, -0.15) is 4.98 Å². The molecule has 1 fully saturated rings. The smallest absolute Gasteiger partial charge is 0.245 e. The van der Waals surface area contributed by atoms with Crippen molar-refractivity contribution < 1.29 is 12.9 Å². The average molecular weight is 322 g/mol. The van der Waals surface area contributed by atoms with Crippen LogP contribution in [-0.2, 0) is 9.84 Å². The van der Waals surface area contributed by atoms with Crippen LogP contribution in [0.1, 0.15) is 24.8 Å². The summed E-state index contributed by atoms with van der Waals surface area (Å²) in [4.78, 5) is 4.72. The topological polar surface area (TPSA) is 88.3 Å². The van der Waals surface area contributed by atoms with Crippen molar-refractivity contribution in [1.29, 1.82) is 0 Å². The first-order chi connectivity index (χ1) is 10.5. The molecule has 0 bridgehead atoms. The lowest BCUT2D eigenvalue weighted by Gasteiger charge is -2.19. The molecule has 118 valence electrons. The van der Waals surface area contributed by atoms with Crippen LogP contribution in [0.25, 0.3) is 11.4 Å². The number of rotatable bonds is 4. The molecule has 0 spiro atoms. The monoisotopic (exact) mass is 322 g/mol. The summed E-state index contributed by atoms with van der Waals surface area (Å²) in [6, 6.07) is 6.57. The number of aromatic nitrogens is 2. The van der Waals surface area contributed by atoms with Gasteiger partial charge in [0.2, 0.25) is 11.7 Å². The highest BCUT2D eigenvalue weighted by Crippen LogP contribution is 2.30. The fourth-order valence-electron chi connectivity index (χ4n) is 2.63. The molecule has 0 aliphatic carbocycles. The van der Waals surface area contributed by atoms with Gasteiger partial charge in [0.15, 0.2) is 9.84 Å². The predicted octanol–water partition coefficient (Wildman–Crippen LogP) is 1.41. The van der Waals surface area contributed by atoms with E-state index in [1.807, 2.05) is 7.05 Å². The van der Waals surface area contributed by atoms with E-state index in [4.69, 9.17) is 4.52 Å². The minimum atomic E-state index is -3.20. The molecule has 7 nitrogen and oxygen atoms in total. The molecule has 2 aromatic rings. The largest absolute Gasteiger partial charge is 0.337 e. The second kappa shape index (κ2) is 5.79. The maximum atomic E-state index is 11.5. The quantitative estimate of drug-likeness (QED) is 0.910. The van der Waals surface area contributed by atoms with Crippen molar-refractivity contribution in [2.75, 3.05) is 19.8 Å². The Hall–Kier alpha value is -1.77. The summed E-state index contributed by atoms with van der Waals surface area (Å²) in [5, 5.41) is 6.08. The van der Waals surface area contributed by atoms with Gasteiger partial charge in [0.1, 0.15) is 6.04 Å². The summed E-state index contributed by atoms with van der Waals surface area (Å²) in [6.07, 6.45) is 3.22. The standard InChI is InChI=1S/C14H18N4O3S/c1-15-18-9-3-4-12(18)14-16-13(17-21-14)10-5-7-11(8-6-10)22(2,19)20/h5-8,12,15H,3-4,9H2,1-2H3/t12-/m0/s1. The Kier molecular flexibility index (Phi) is 3.98. The first-order valence-corrected chi connectivity index (χ1v) is 8.96. The van der Waals surface area contributed by atoms with E-state index in [2.05, 4.69) is 20.6 Å². The third-order valence-corrected chi connectivity index (χ3v) is 4.94. The van der Waals surface area contributed by atoms with Gasteiger partial charge in [-0.25, -0.2) is 13.4 Å². The number of sulfone groups is 1. The van der Waals surface area contributed by atoms with E-state index in [1.54, 1.807) is 24.3 Å². The zero-order valence-corrected chi connectivity index (χ0v) is 13.3. The van der Waals surface area contributed by atoms with Crippen LogP contribution in [0.5, 0.6) is 0 Å². The van der Waals surface area contributed by atoms with Crippen molar-refractivity contribution in [3.05, 3.63) is 30.2 Å². The fraction of sp³-hybridized carbons (Fsp3) is 0.429. The van der Waals surface area contributed by atoms with Gasteiger partial charge in [0.25, 0.3) is 0 Å². The Balaban J connectivity index is 1.85. The van der Waals surface area contributed by atoms with E-state index in [9.17, 15) is 8.42 Å². The summed E-state index contributed by atoms with van der Waals surface area (Å²) in [7, 11) is -1.32. The van der Waals surface area contributed by atoms with Crippen molar-refractivity contribution in [2.24, 2.45) is 0 Å². The zero-order chi connectivity index (χ0) is 15.7. The highest BCUT2D eigenvalue weighted by Gasteiger charge is 2.30. The van der Waals surface area contributed by atoms with Crippen LogP contribution in [-0.4, -0.2) is 43.4 Å². The highest BCUT2D eigenvalue weighted by molar-refractivity contribution is 7.90. The molecule has 8 heteroatoms. The van der Waals surface area contributed by atoms with Crippen LogP contribution in [0.3, 0.4) is 0 Å². The Labute approximate surface area is 129 Å². The molecule has 1 aromatic carbocycles. The summed E-state index contributed by atoms with van der Waals surface area (Å²) >= 11 is 0. The normalized spacial score (nSPS) is 19.6. The SMILES string of the molecule is CNN1CCC[C@H]1c1nc(-c2ccc(S(C)(=O)=O)cc2)no1. The Morgan fingerprint density at radius 1 is 1.32 bits per heavy atom. The third kappa shape index (κ3) is 2.90. The lowest BCUT2D eigenvalue weighted by Crippen LogP contribution is -2.34. The number of hydrogen-bond acceptors (Lipinski definition) is 7. The van der Waals surface area contributed by atoms with E-state index in [0.717, 1.165) is 24.9 Å². The molecule has 1 aromatic heterocycles. The molecule has 0 amide bonds. The number of nitrogens with one attached hydrogen (secondary N) is 1. The van der Waals surface area contributed by atoms with Crippen LogP contribution in [0.4, 0.5) is 0 Å². The average Bonchev–Trinajstić information content (AvgIpc) is 3.15. The highest BCUT2D eigenvalue weighted by atomic mass is 32.2. The number of hydrogen-bond donors (Lipinski definition) is 1. The Morgan fingerprint density at radius 2 is 2.05 bits per heavy atom.